The van der Waals surface area contributed by atoms with E-state index in [1.54, 1.807) is 0 Å². The lowest BCUT2D eigenvalue weighted by Gasteiger charge is -2.15. The Balaban J connectivity index is 0. The minimum absolute atomic E-state index is 0.0651. The van der Waals surface area contributed by atoms with Gasteiger partial charge in [-0.25, -0.2) is 4.79 Å². The van der Waals surface area contributed by atoms with E-state index in [2.05, 4.69) is 6.92 Å². The predicted molar refractivity (Wildman–Crippen MR) is 126 cm³/mol. The highest BCUT2D eigenvalue weighted by atomic mass is 16.5. The van der Waals surface area contributed by atoms with Gasteiger partial charge in [0.1, 0.15) is 11.6 Å². The molecule has 29 heavy (non-hydrogen) atoms. The topological polar surface area (TPSA) is 50.1 Å². The molecule has 0 amide bonds. The van der Waals surface area contributed by atoms with Crippen LogP contribution in [-0.4, -0.2) is 12.1 Å². The SMILES string of the molecule is CC.CC1CCCCC1.CCCC(C)OC(=O)C(C#N)=C(C=C(C)C)C=C(C)C. The molecule has 1 atom stereocenters. The molecule has 1 aliphatic rings. The Morgan fingerprint density at radius 3 is 1.86 bits per heavy atom. The van der Waals surface area contributed by atoms with Crippen LogP contribution in [0.1, 0.15) is 107 Å². The average Bonchev–Trinajstić information content (AvgIpc) is 2.64. The summed E-state index contributed by atoms with van der Waals surface area (Å²) in [5, 5.41) is 9.27. The largest absolute Gasteiger partial charge is 0.459 e. The fourth-order valence-electron chi connectivity index (χ4n) is 3.05. The second-order valence-electron chi connectivity index (χ2n) is 8.13. The van der Waals surface area contributed by atoms with Crippen molar-refractivity contribution in [2.24, 2.45) is 5.92 Å². The van der Waals surface area contributed by atoms with Gasteiger partial charge in [-0.3, -0.25) is 0 Å². The van der Waals surface area contributed by atoms with Crippen LogP contribution < -0.4 is 0 Å². The fourth-order valence-corrected chi connectivity index (χ4v) is 3.05. The number of esters is 1. The molecular weight excluding hydrogens is 358 g/mol. The van der Waals surface area contributed by atoms with E-state index in [9.17, 15) is 10.1 Å². The highest BCUT2D eigenvalue weighted by Gasteiger charge is 2.17. The Hall–Kier alpha value is -1.82. The van der Waals surface area contributed by atoms with Crippen LogP contribution in [0.15, 0.2) is 34.4 Å². The van der Waals surface area contributed by atoms with E-state index in [-0.39, 0.29) is 11.7 Å². The smallest absolute Gasteiger partial charge is 0.349 e. The summed E-state index contributed by atoms with van der Waals surface area (Å²) in [6.07, 6.45) is 12.7. The number of hydrogen-bond donors (Lipinski definition) is 0. The Morgan fingerprint density at radius 1 is 1.07 bits per heavy atom. The van der Waals surface area contributed by atoms with Crippen LogP contribution in [0.4, 0.5) is 0 Å². The number of nitrogens with zero attached hydrogens (tertiary/aromatic N) is 1. The van der Waals surface area contributed by atoms with Gasteiger partial charge < -0.3 is 4.74 Å². The molecule has 1 rings (SSSR count). The summed E-state index contributed by atoms with van der Waals surface area (Å²) in [5.41, 5.74) is 2.73. The van der Waals surface area contributed by atoms with E-state index < -0.39 is 5.97 Å². The molecular formula is C26H45NO2. The number of rotatable bonds is 6. The van der Waals surface area contributed by atoms with Crippen molar-refractivity contribution in [3.05, 3.63) is 34.4 Å². The van der Waals surface area contributed by atoms with Crippen molar-refractivity contribution in [2.75, 3.05) is 0 Å². The molecule has 0 saturated heterocycles. The number of carbonyl (C=O) groups is 1. The molecule has 1 unspecified atom stereocenters. The Kier molecular flexibility index (Phi) is 18.5. The maximum Gasteiger partial charge on any atom is 0.349 e. The minimum Gasteiger partial charge on any atom is -0.459 e. The van der Waals surface area contributed by atoms with Crippen molar-refractivity contribution in [3.63, 3.8) is 0 Å². The quantitative estimate of drug-likeness (QED) is 0.195. The standard InChI is InChI=1S/C17H25NO2.C7H14.C2H6/c1-7-8-14(6)20-17(19)16(11-18)15(9-12(2)3)10-13(4)5;1-7-5-3-2-4-6-7;1-2/h9-10,14H,7-8H2,1-6H3;7H,2-6H2,1H3;1-2H3. The summed E-state index contributed by atoms with van der Waals surface area (Å²) in [7, 11) is 0. The molecule has 0 aromatic carbocycles. The Morgan fingerprint density at radius 2 is 1.55 bits per heavy atom. The number of nitriles is 1. The third kappa shape index (κ3) is 15.7. The molecule has 0 bridgehead atoms. The first-order chi connectivity index (χ1) is 13.7. The van der Waals surface area contributed by atoms with E-state index in [1.165, 1.54) is 32.1 Å². The summed E-state index contributed by atoms with van der Waals surface area (Å²) in [6.45, 7) is 18.0. The van der Waals surface area contributed by atoms with Crippen molar-refractivity contribution in [1.29, 1.82) is 5.26 Å². The zero-order valence-electron chi connectivity index (χ0n) is 20.5. The summed E-state index contributed by atoms with van der Waals surface area (Å²) in [4.78, 5) is 12.1. The van der Waals surface area contributed by atoms with Crippen LogP contribution in [0.3, 0.4) is 0 Å². The maximum absolute atomic E-state index is 12.1. The van der Waals surface area contributed by atoms with Gasteiger partial charge in [-0.05, 0) is 52.5 Å². The van der Waals surface area contributed by atoms with Gasteiger partial charge in [0, 0.05) is 0 Å². The van der Waals surface area contributed by atoms with E-state index in [0.717, 1.165) is 29.9 Å². The third-order valence-corrected chi connectivity index (χ3v) is 4.39. The van der Waals surface area contributed by atoms with Gasteiger partial charge in [0.15, 0.2) is 0 Å². The predicted octanol–water partition coefficient (Wildman–Crippen LogP) is 8.08. The van der Waals surface area contributed by atoms with E-state index >= 15 is 0 Å². The van der Waals surface area contributed by atoms with Gasteiger partial charge in [0.2, 0.25) is 0 Å². The van der Waals surface area contributed by atoms with Gasteiger partial charge in [0.05, 0.1) is 6.10 Å². The monoisotopic (exact) mass is 403 g/mol. The van der Waals surface area contributed by atoms with E-state index in [0.29, 0.717) is 5.57 Å². The minimum atomic E-state index is -0.543. The molecule has 1 saturated carbocycles. The molecule has 166 valence electrons. The van der Waals surface area contributed by atoms with Crippen LogP contribution in [0.5, 0.6) is 0 Å². The van der Waals surface area contributed by atoms with E-state index in [1.807, 2.05) is 73.6 Å². The van der Waals surface area contributed by atoms with E-state index in [4.69, 9.17) is 4.74 Å². The van der Waals surface area contributed by atoms with Crippen molar-refractivity contribution < 1.29 is 9.53 Å². The van der Waals surface area contributed by atoms with Gasteiger partial charge in [-0.2, -0.15) is 5.26 Å². The average molecular weight is 404 g/mol. The second kappa shape index (κ2) is 18.2. The van der Waals surface area contributed by atoms with Crippen LogP contribution in [0, 0.1) is 17.2 Å². The first kappa shape index (κ1) is 29.4. The van der Waals surface area contributed by atoms with Crippen LogP contribution in [0.2, 0.25) is 0 Å². The normalized spacial score (nSPS) is 13.8. The van der Waals surface area contributed by atoms with Crippen LogP contribution in [-0.2, 0) is 9.53 Å². The third-order valence-electron chi connectivity index (χ3n) is 4.39. The van der Waals surface area contributed by atoms with Crippen LogP contribution >= 0.6 is 0 Å². The molecule has 3 heteroatoms. The Bertz CT molecular complexity index is 556. The summed E-state index contributed by atoms with van der Waals surface area (Å²) in [5.74, 6) is 0.493. The molecule has 1 fully saturated rings. The lowest BCUT2D eigenvalue weighted by molar-refractivity contribution is -0.143. The molecule has 0 aliphatic heterocycles. The van der Waals surface area contributed by atoms with Gasteiger partial charge >= 0.3 is 5.97 Å². The van der Waals surface area contributed by atoms with Crippen LogP contribution in [0.25, 0.3) is 0 Å². The first-order valence-electron chi connectivity index (χ1n) is 11.4. The van der Waals surface area contributed by atoms with Crippen molar-refractivity contribution >= 4 is 5.97 Å². The zero-order valence-corrected chi connectivity index (χ0v) is 20.5. The lowest BCUT2D eigenvalue weighted by Crippen LogP contribution is -2.16. The summed E-state index contributed by atoms with van der Waals surface area (Å²) < 4.78 is 5.31. The second-order valence-corrected chi connectivity index (χ2v) is 8.13. The highest BCUT2D eigenvalue weighted by Crippen LogP contribution is 2.22. The van der Waals surface area contributed by atoms with Crippen molar-refractivity contribution in [2.45, 2.75) is 113 Å². The fraction of sp³-hybridized carbons (Fsp3) is 0.692. The molecule has 0 N–H and O–H groups in total. The maximum atomic E-state index is 12.1. The molecule has 0 aromatic heterocycles. The summed E-state index contributed by atoms with van der Waals surface area (Å²) in [6, 6.07) is 1.98. The van der Waals surface area contributed by atoms with Gasteiger partial charge in [-0.15, -0.1) is 0 Å². The first-order valence-corrected chi connectivity index (χ1v) is 11.4. The molecule has 0 radical (unpaired) electrons. The summed E-state index contributed by atoms with van der Waals surface area (Å²) >= 11 is 0. The Labute approximate surface area is 180 Å². The number of carbonyl (C=O) groups excluding carboxylic acids is 1. The molecule has 0 aromatic rings. The molecule has 0 spiro atoms. The van der Waals surface area contributed by atoms with Crippen molar-refractivity contribution in [1.82, 2.24) is 0 Å². The zero-order chi connectivity index (χ0) is 22.8. The van der Waals surface area contributed by atoms with Crippen molar-refractivity contribution in [3.8, 4) is 6.07 Å². The number of allylic oxidation sites excluding steroid dienone is 5. The molecule has 1 aliphatic carbocycles. The highest BCUT2D eigenvalue weighted by molar-refractivity contribution is 5.95. The van der Waals surface area contributed by atoms with Gasteiger partial charge in [0.25, 0.3) is 0 Å². The lowest BCUT2D eigenvalue weighted by atomic mass is 9.91. The number of ether oxygens (including phenoxy) is 1. The number of hydrogen-bond acceptors (Lipinski definition) is 3. The molecule has 3 nitrogen and oxygen atoms in total. The van der Waals surface area contributed by atoms with Gasteiger partial charge in [-0.1, -0.05) is 89.5 Å². The molecule has 0 heterocycles.